The van der Waals surface area contributed by atoms with Gasteiger partial charge >= 0.3 is 5.97 Å². The second-order valence-electron chi connectivity index (χ2n) is 7.44. The van der Waals surface area contributed by atoms with E-state index in [4.69, 9.17) is 4.74 Å². The lowest BCUT2D eigenvalue weighted by atomic mass is 10.1. The minimum atomic E-state index is -0.776. The molecule has 2 atom stereocenters. The fourth-order valence-electron chi connectivity index (χ4n) is 3.12. The molecule has 2 rings (SSSR count). The largest absolute Gasteiger partial charge is 0.467 e. The molecule has 3 N–H and O–H groups in total. The summed E-state index contributed by atoms with van der Waals surface area (Å²) >= 11 is 0. The number of hydrogen-bond donors (Lipinski definition) is 3. The van der Waals surface area contributed by atoms with Gasteiger partial charge in [-0.25, -0.2) is 4.79 Å². The lowest BCUT2D eigenvalue weighted by Gasteiger charge is -2.19. The lowest BCUT2D eigenvalue weighted by Crippen LogP contribution is -3.11. The van der Waals surface area contributed by atoms with Crippen LogP contribution in [0.5, 0.6) is 0 Å². The highest BCUT2D eigenvalue weighted by atomic mass is 16.5. The van der Waals surface area contributed by atoms with Gasteiger partial charge in [-0.1, -0.05) is 42.5 Å². The molecular formula is C23H30N3O4+. The second kappa shape index (κ2) is 11.1. The minimum absolute atomic E-state index is 0.0580. The maximum atomic E-state index is 12.4. The summed E-state index contributed by atoms with van der Waals surface area (Å²) in [6.45, 7) is 4.12. The number of esters is 1. The molecule has 2 aromatic carbocycles. The molecule has 1 unspecified atom stereocenters. The number of rotatable bonds is 9. The van der Waals surface area contributed by atoms with Crippen molar-refractivity contribution in [3.05, 3.63) is 65.2 Å². The topological polar surface area (TPSA) is 88.9 Å². The molecule has 0 aromatic heterocycles. The summed E-state index contributed by atoms with van der Waals surface area (Å²) in [5, 5.41) is 5.61. The first kappa shape index (κ1) is 23.1. The Morgan fingerprint density at radius 3 is 2.30 bits per heavy atom. The smallest absolute Gasteiger partial charge is 0.328 e. The molecule has 2 amide bonds. The van der Waals surface area contributed by atoms with Gasteiger partial charge in [0.05, 0.1) is 14.2 Å². The van der Waals surface area contributed by atoms with Gasteiger partial charge < -0.3 is 20.3 Å². The average molecular weight is 413 g/mol. The number of methoxy groups -OCH3 is 1. The van der Waals surface area contributed by atoms with Gasteiger partial charge in [0, 0.05) is 12.1 Å². The van der Waals surface area contributed by atoms with E-state index in [1.807, 2.05) is 62.4 Å². The monoisotopic (exact) mass is 412 g/mol. The van der Waals surface area contributed by atoms with Crippen molar-refractivity contribution in [2.75, 3.05) is 32.6 Å². The molecule has 0 fully saturated rings. The zero-order valence-electron chi connectivity index (χ0n) is 18.0. The summed E-state index contributed by atoms with van der Waals surface area (Å²) in [6.07, 6.45) is 0.339. The molecule has 0 saturated carbocycles. The van der Waals surface area contributed by atoms with E-state index in [0.29, 0.717) is 11.3 Å². The quantitative estimate of drug-likeness (QED) is 0.528. The third-order valence-electron chi connectivity index (χ3n) is 4.91. The minimum Gasteiger partial charge on any atom is -0.467 e. The number of nitrogens with one attached hydrogen (secondary N) is 3. The summed E-state index contributed by atoms with van der Waals surface area (Å²) in [5.74, 6) is -1.00. The maximum absolute atomic E-state index is 12.4. The number of hydrogen-bond acceptors (Lipinski definition) is 4. The summed E-state index contributed by atoms with van der Waals surface area (Å²) in [5.41, 5.74) is 3.80. The van der Waals surface area contributed by atoms with Crippen LogP contribution in [-0.2, 0) is 25.5 Å². The number of aryl methyl sites for hydroxylation is 1. The van der Waals surface area contributed by atoms with Gasteiger partial charge in [0.2, 0.25) is 0 Å². The number of amides is 2. The Balaban J connectivity index is 1.89. The Kier molecular flexibility index (Phi) is 8.55. The van der Waals surface area contributed by atoms with Crippen LogP contribution in [0.1, 0.15) is 16.7 Å². The molecule has 0 aliphatic rings. The fourth-order valence-corrected chi connectivity index (χ4v) is 3.12. The lowest BCUT2D eigenvalue weighted by molar-refractivity contribution is -0.862. The number of carbonyl (C=O) groups is 3. The Labute approximate surface area is 177 Å². The first-order chi connectivity index (χ1) is 14.3. The normalized spacial score (nSPS) is 12.5. The van der Waals surface area contributed by atoms with Crippen LogP contribution < -0.4 is 15.5 Å². The first-order valence-electron chi connectivity index (χ1n) is 9.88. The second-order valence-corrected chi connectivity index (χ2v) is 7.44. The van der Waals surface area contributed by atoms with Crippen LogP contribution in [0.15, 0.2) is 48.5 Å². The molecule has 0 aliphatic heterocycles. The Hall–Kier alpha value is -3.19. The van der Waals surface area contributed by atoms with Crippen LogP contribution in [0.2, 0.25) is 0 Å². The number of anilines is 1. The highest BCUT2D eigenvalue weighted by Crippen LogP contribution is 2.17. The Bertz CT molecular complexity index is 883. The van der Waals surface area contributed by atoms with Gasteiger partial charge in [0.25, 0.3) is 11.8 Å². The molecule has 0 aliphatic carbocycles. The number of benzene rings is 2. The number of ether oxygens (including phenoxy) is 1. The maximum Gasteiger partial charge on any atom is 0.328 e. The summed E-state index contributed by atoms with van der Waals surface area (Å²) in [4.78, 5) is 37.6. The number of likely N-dealkylation sites (N-methyl/N-ethyl adjacent to an activating group) is 1. The van der Waals surface area contributed by atoms with E-state index < -0.39 is 12.0 Å². The van der Waals surface area contributed by atoms with Crippen LogP contribution in [0.25, 0.3) is 0 Å². The molecule has 2 aromatic rings. The van der Waals surface area contributed by atoms with Crippen molar-refractivity contribution >= 4 is 23.5 Å². The van der Waals surface area contributed by atoms with Crippen molar-refractivity contribution in [2.45, 2.75) is 26.3 Å². The first-order valence-corrected chi connectivity index (χ1v) is 9.88. The van der Waals surface area contributed by atoms with Crippen molar-refractivity contribution in [2.24, 2.45) is 0 Å². The van der Waals surface area contributed by atoms with Crippen molar-refractivity contribution in [3.8, 4) is 0 Å². The molecule has 0 saturated heterocycles. The van der Waals surface area contributed by atoms with E-state index in [1.54, 1.807) is 7.05 Å². The molecule has 7 heteroatoms. The fraction of sp³-hybridized carbons (Fsp3) is 0.348. The SMILES string of the molecule is COC(=O)[C@@H](Cc1ccccc1)NC(=O)C[NH+](C)CC(=O)Nc1cccc(C)c1C. The van der Waals surface area contributed by atoms with Gasteiger partial charge in [-0.2, -0.15) is 0 Å². The molecule has 30 heavy (non-hydrogen) atoms. The molecule has 0 radical (unpaired) electrons. The predicted octanol–water partition coefficient (Wildman–Crippen LogP) is 0.657. The predicted molar refractivity (Wildman–Crippen MR) is 115 cm³/mol. The van der Waals surface area contributed by atoms with E-state index in [0.717, 1.165) is 22.4 Å². The Morgan fingerprint density at radius 2 is 1.63 bits per heavy atom. The van der Waals surface area contributed by atoms with E-state index in [1.165, 1.54) is 7.11 Å². The zero-order chi connectivity index (χ0) is 22.1. The number of quaternary nitrogens is 1. The third-order valence-corrected chi connectivity index (χ3v) is 4.91. The standard InChI is InChI=1S/C23H29N3O4/c1-16-9-8-12-19(17(16)2)24-21(27)14-26(3)15-22(28)25-20(23(29)30-4)13-18-10-6-5-7-11-18/h5-12,20H,13-15H2,1-4H3,(H,24,27)(H,25,28)/p+1/t20-/m1/s1. The van der Waals surface area contributed by atoms with E-state index >= 15 is 0 Å². The van der Waals surface area contributed by atoms with Crippen molar-refractivity contribution in [3.63, 3.8) is 0 Å². The average Bonchev–Trinajstić information content (AvgIpc) is 2.70. The van der Waals surface area contributed by atoms with Crippen molar-refractivity contribution in [1.29, 1.82) is 0 Å². The van der Waals surface area contributed by atoms with Gasteiger partial charge in [-0.15, -0.1) is 0 Å². The molecule has 0 spiro atoms. The van der Waals surface area contributed by atoms with Gasteiger partial charge in [0.1, 0.15) is 6.04 Å². The third kappa shape index (κ3) is 7.00. The molecule has 0 heterocycles. The van der Waals surface area contributed by atoms with Crippen molar-refractivity contribution in [1.82, 2.24) is 5.32 Å². The molecule has 0 bridgehead atoms. The van der Waals surface area contributed by atoms with Gasteiger partial charge in [0.15, 0.2) is 13.1 Å². The van der Waals surface area contributed by atoms with Gasteiger partial charge in [-0.3, -0.25) is 9.59 Å². The van der Waals surface area contributed by atoms with E-state index in [9.17, 15) is 14.4 Å². The van der Waals surface area contributed by atoms with E-state index in [-0.39, 0.29) is 24.9 Å². The highest BCUT2D eigenvalue weighted by Gasteiger charge is 2.24. The van der Waals surface area contributed by atoms with Crippen molar-refractivity contribution < 1.29 is 24.0 Å². The zero-order valence-corrected chi connectivity index (χ0v) is 18.0. The van der Waals surface area contributed by atoms with Crippen LogP contribution in [0.3, 0.4) is 0 Å². The molecular weight excluding hydrogens is 382 g/mol. The summed E-state index contributed by atoms with van der Waals surface area (Å²) in [7, 11) is 3.05. The Morgan fingerprint density at radius 1 is 0.967 bits per heavy atom. The molecule has 160 valence electrons. The molecule has 7 nitrogen and oxygen atoms in total. The summed E-state index contributed by atoms with van der Waals surface area (Å²) < 4.78 is 4.82. The summed E-state index contributed by atoms with van der Waals surface area (Å²) in [6, 6.07) is 14.4. The van der Waals surface area contributed by atoms with E-state index in [2.05, 4.69) is 10.6 Å². The van der Waals surface area contributed by atoms with Crippen LogP contribution in [0.4, 0.5) is 5.69 Å². The van der Waals surface area contributed by atoms with Crippen LogP contribution in [-0.4, -0.2) is 51.1 Å². The number of carbonyl (C=O) groups excluding carboxylic acids is 3. The van der Waals surface area contributed by atoms with Crippen LogP contribution in [0, 0.1) is 13.8 Å². The van der Waals surface area contributed by atoms with Gasteiger partial charge in [-0.05, 0) is 36.6 Å². The highest BCUT2D eigenvalue weighted by molar-refractivity contribution is 5.92. The van der Waals surface area contributed by atoms with Crippen LogP contribution >= 0.6 is 0 Å².